The first-order chi connectivity index (χ1) is 6.77. The topological polar surface area (TPSA) is 37.3 Å². The second-order valence-electron chi connectivity index (χ2n) is 4.31. The van der Waals surface area contributed by atoms with Gasteiger partial charge in [0.05, 0.1) is 5.92 Å². The first kappa shape index (κ1) is 11.5. The molecule has 2 heteroatoms. The minimum Gasteiger partial charge on any atom is -0.481 e. The van der Waals surface area contributed by atoms with Crippen LogP contribution >= 0.6 is 0 Å². The molecule has 2 rings (SSSR count). The number of fused-ring (bicyclic) bond motifs is 1. The molecule has 0 radical (unpaired) electrons. The number of aliphatic carboxylic acids is 1. The fraction of sp³-hybridized carbons (Fsp3) is 0.917. The SMILES string of the molecule is CC.O=C(O)C1CC2CCCCC2C1. The van der Waals surface area contributed by atoms with Crippen LogP contribution in [-0.4, -0.2) is 11.1 Å². The maximum absolute atomic E-state index is 10.7. The van der Waals surface area contributed by atoms with Crippen LogP contribution in [0.15, 0.2) is 0 Å². The van der Waals surface area contributed by atoms with Gasteiger partial charge in [-0.05, 0) is 24.7 Å². The summed E-state index contributed by atoms with van der Waals surface area (Å²) in [6.07, 6.45) is 7.14. The maximum atomic E-state index is 10.7. The van der Waals surface area contributed by atoms with Gasteiger partial charge in [0.25, 0.3) is 0 Å². The first-order valence-corrected chi connectivity index (χ1v) is 6.00. The van der Waals surface area contributed by atoms with E-state index in [0.717, 1.165) is 24.7 Å². The molecule has 0 saturated heterocycles. The summed E-state index contributed by atoms with van der Waals surface area (Å²) in [6.45, 7) is 4.00. The van der Waals surface area contributed by atoms with E-state index in [9.17, 15) is 4.79 Å². The molecule has 0 amide bonds. The van der Waals surface area contributed by atoms with Gasteiger partial charge in [0.1, 0.15) is 0 Å². The Morgan fingerprint density at radius 2 is 1.50 bits per heavy atom. The Bertz CT molecular complexity index is 175. The summed E-state index contributed by atoms with van der Waals surface area (Å²) in [6, 6.07) is 0. The summed E-state index contributed by atoms with van der Waals surface area (Å²) >= 11 is 0. The van der Waals surface area contributed by atoms with Gasteiger partial charge >= 0.3 is 5.97 Å². The van der Waals surface area contributed by atoms with Crippen LogP contribution < -0.4 is 0 Å². The van der Waals surface area contributed by atoms with Gasteiger partial charge < -0.3 is 5.11 Å². The van der Waals surface area contributed by atoms with E-state index in [1.54, 1.807) is 0 Å². The Morgan fingerprint density at radius 1 is 1.07 bits per heavy atom. The van der Waals surface area contributed by atoms with Crippen molar-refractivity contribution in [3.8, 4) is 0 Å². The van der Waals surface area contributed by atoms with E-state index in [4.69, 9.17) is 5.11 Å². The summed E-state index contributed by atoms with van der Waals surface area (Å²) in [4.78, 5) is 10.7. The monoisotopic (exact) mass is 198 g/mol. The highest BCUT2D eigenvalue weighted by Gasteiger charge is 2.38. The minimum absolute atomic E-state index is 0.0156. The maximum Gasteiger partial charge on any atom is 0.306 e. The normalized spacial score (nSPS) is 35.4. The lowest BCUT2D eigenvalue weighted by Gasteiger charge is -2.24. The largest absolute Gasteiger partial charge is 0.481 e. The molecule has 0 bridgehead atoms. The molecule has 2 fully saturated rings. The number of carboxylic acids is 1. The van der Waals surface area contributed by atoms with Gasteiger partial charge in [-0.3, -0.25) is 4.79 Å². The molecule has 82 valence electrons. The number of carboxylic acid groups (broad SMARTS) is 1. The van der Waals surface area contributed by atoms with E-state index < -0.39 is 5.97 Å². The van der Waals surface area contributed by atoms with Gasteiger partial charge in [-0.2, -0.15) is 0 Å². The second kappa shape index (κ2) is 5.38. The predicted molar refractivity (Wildman–Crippen MR) is 57.2 cm³/mol. The first-order valence-electron chi connectivity index (χ1n) is 6.00. The van der Waals surface area contributed by atoms with Gasteiger partial charge in [-0.25, -0.2) is 0 Å². The molecular weight excluding hydrogens is 176 g/mol. The third-order valence-electron chi connectivity index (χ3n) is 3.59. The molecule has 0 aromatic rings. The quantitative estimate of drug-likeness (QED) is 0.701. The van der Waals surface area contributed by atoms with E-state index in [1.165, 1.54) is 25.7 Å². The standard InChI is InChI=1S/C10H16O2.C2H6/c11-10(12)9-5-7-3-1-2-4-8(7)6-9;1-2/h7-9H,1-6H2,(H,11,12);1-2H3. The van der Waals surface area contributed by atoms with E-state index in [0.29, 0.717) is 0 Å². The van der Waals surface area contributed by atoms with Crippen LogP contribution in [0.2, 0.25) is 0 Å². The molecule has 0 heterocycles. The molecule has 0 spiro atoms. The lowest BCUT2D eigenvalue weighted by molar-refractivity contribution is -0.141. The van der Waals surface area contributed by atoms with Crippen LogP contribution in [0.5, 0.6) is 0 Å². The van der Waals surface area contributed by atoms with E-state index >= 15 is 0 Å². The Kier molecular flexibility index (Phi) is 4.43. The van der Waals surface area contributed by atoms with Crippen LogP contribution in [0.3, 0.4) is 0 Å². The van der Waals surface area contributed by atoms with Crippen molar-refractivity contribution < 1.29 is 9.90 Å². The second-order valence-corrected chi connectivity index (χ2v) is 4.31. The summed E-state index contributed by atoms with van der Waals surface area (Å²) in [5, 5.41) is 8.86. The molecule has 2 atom stereocenters. The lowest BCUT2D eigenvalue weighted by Crippen LogP contribution is -2.12. The molecule has 1 N–H and O–H groups in total. The fourth-order valence-corrected chi connectivity index (χ4v) is 2.93. The van der Waals surface area contributed by atoms with Crippen molar-refractivity contribution in [3.63, 3.8) is 0 Å². The van der Waals surface area contributed by atoms with Crippen LogP contribution in [0, 0.1) is 17.8 Å². The van der Waals surface area contributed by atoms with Crippen molar-refractivity contribution in [3.05, 3.63) is 0 Å². The van der Waals surface area contributed by atoms with Gasteiger partial charge in [-0.1, -0.05) is 39.5 Å². The average molecular weight is 198 g/mol. The van der Waals surface area contributed by atoms with Crippen molar-refractivity contribution in [2.45, 2.75) is 52.4 Å². The van der Waals surface area contributed by atoms with Gasteiger partial charge in [0.15, 0.2) is 0 Å². The highest BCUT2D eigenvalue weighted by molar-refractivity contribution is 5.70. The van der Waals surface area contributed by atoms with Gasteiger partial charge in [0, 0.05) is 0 Å². The Labute approximate surface area is 86.7 Å². The summed E-state index contributed by atoms with van der Waals surface area (Å²) < 4.78 is 0. The predicted octanol–water partition coefficient (Wildman–Crippen LogP) is 3.31. The lowest BCUT2D eigenvalue weighted by atomic mass is 9.82. The zero-order valence-corrected chi connectivity index (χ0v) is 9.33. The molecule has 0 aliphatic heterocycles. The van der Waals surface area contributed by atoms with Crippen LogP contribution in [0.4, 0.5) is 0 Å². The van der Waals surface area contributed by atoms with E-state index in [2.05, 4.69) is 0 Å². The molecular formula is C12H22O2. The summed E-state index contributed by atoms with van der Waals surface area (Å²) in [5.41, 5.74) is 0. The molecule has 2 aliphatic carbocycles. The third-order valence-corrected chi connectivity index (χ3v) is 3.59. The molecule has 2 saturated carbocycles. The van der Waals surface area contributed by atoms with Crippen LogP contribution in [0.25, 0.3) is 0 Å². The van der Waals surface area contributed by atoms with Crippen molar-refractivity contribution in [1.82, 2.24) is 0 Å². The molecule has 0 aromatic carbocycles. The van der Waals surface area contributed by atoms with Crippen molar-refractivity contribution in [2.24, 2.45) is 17.8 Å². The summed E-state index contributed by atoms with van der Waals surface area (Å²) in [5.74, 6) is 0.919. The zero-order chi connectivity index (χ0) is 10.6. The highest BCUT2D eigenvalue weighted by Crippen LogP contribution is 2.44. The molecule has 0 aromatic heterocycles. The zero-order valence-electron chi connectivity index (χ0n) is 9.33. The molecule has 2 unspecified atom stereocenters. The third kappa shape index (κ3) is 2.49. The van der Waals surface area contributed by atoms with Crippen LogP contribution in [0.1, 0.15) is 52.4 Å². The Morgan fingerprint density at radius 3 is 1.86 bits per heavy atom. The number of hydrogen-bond acceptors (Lipinski definition) is 1. The Hall–Kier alpha value is -0.530. The molecule has 14 heavy (non-hydrogen) atoms. The minimum atomic E-state index is -0.565. The van der Waals surface area contributed by atoms with E-state index in [1.807, 2.05) is 13.8 Å². The number of rotatable bonds is 1. The summed E-state index contributed by atoms with van der Waals surface area (Å²) in [7, 11) is 0. The van der Waals surface area contributed by atoms with Crippen LogP contribution in [-0.2, 0) is 4.79 Å². The fourth-order valence-electron chi connectivity index (χ4n) is 2.93. The van der Waals surface area contributed by atoms with E-state index in [-0.39, 0.29) is 5.92 Å². The van der Waals surface area contributed by atoms with Crippen molar-refractivity contribution in [2.75, 3.05) is 0 Å². The smallest absolute Gasteiger partial charge is 0.306 e. The highest BCUT2D eigenvalue weighted by atomic mass is 16.4. The molecule has 2 nitrogen and oxygen atoms in total. The molecule has 2 aliphatic rings. The number of carbonyl (C=O) groups is 1. The van der Waals surface area contributed by atoms with Crippen molar-refractivity contribution >= 4 is 5.97 Å². The number of hydrogen-bond donors (Lipinski definition) is 1. The van der Waals surface area contributed by atoms with Gasteiger partial charge in [0.2, 0.25) is 0 Å². The van der Waals surface area contributed by atoms with Crippen molar-refractivity contribution in [1.29, 1.82) is 0 Å². The Balaban J connectivity index is 0.000000461. The average Bonchev–Trinajstić information content (AvgIpc) is 2.64. The van der Waals surface area contributed by atoms with Gasteiger partial charge in [-0.15, -0.1) is 0 Å².